The average Bonchev–Trinajstić information content (AvgIpc) is 2.67. The molecular formula is C9H18N2. The zero-order valence-electron chi connectivity index (χ0n) is 7.29. The van der Waals surface area contributed by atoms with E-state index in [1.54, 1.807) is 0 Å². The van der Waals surface area contributed by atoms with Gasteiger partial charge in [0.15, 0.2) is 0 Å². The summed E-state index contributed by atoms with van der Waals surface area (Å²) in [5.74, 6) is 1.79. The summed E-state index contributed by atoms with van der Waals surface area (Å²) in [6, 6.07) is 0.548. The van der Waals surface area contributed by atoms with E-state index < -0.39 is 0 Å². The van der Waals surface area contributed by atoms with Crippen LogP contribution in [-0.2, 0) is 0 Å². The van der Waals surface area contributed by atoms with E-state index in [0.29, 0.717) is 6.04 Å². The Morgan fingerprint density at radius 3 is 2.73 bits per heavy atom. The van der Waals surface area contributed by atoms with Crippen molar-refractivity contribution >= 4 is 0 Å². The second-order valence-electron chi connectivity index (χ2n) is 4.23. The smallest absolute Gasteiger partial charge is 0.00741 e. The lowest BCUT2D eigenvalue weighted by molar-refractivity contribution is 0.191. The number of hydrogen-bond acceptors (Lipinski definition) is 2. The summed E-state index contributed by atoms with van der Waals surface area (Å²) in [6.07, 6.45) is 4.09. The van der Waals surface area contributed by atoms with E-state index in [2.05, 4.69) is 11.9 Å². The number of hydrogen-bond donors (Lipinski definition) is 1. The average molecular weight is 154 g/mol. The van der Waals surface area contributed by atoms with Crippen LogP contribution in [0.3, 0.4) is 0 Å². The highest BCUT2D eigenvalue weighted by molar-refractivity contribution is 4.96. The molecule has 11 heavy (non-hydrogen) atoms. The Labute approximate surface area is 68.7 Å². The quantitative estimate of drug-likeness (QED) is 0.601. The molecule has 1 aliphatic heterocycles. The van der Waals surface area contributed by atoms with E-state index in [9.17, 15) is 0 Å². The van der Waals surface area contributed by atoms with Crippen LogP contribution in [0.15, 0.2) is 0 Å². The van der Waals surface area contributed by atoms with Crippen LogP contribution in [0, 0.1) is 11.8 Å². The SMILES string of the molecule is CN1CCCC([C@H]2C[C@@H]2N)C1. The van der Waals surface area contributed by atoms with Crippen LogP contribution >= 0.6 is 0 Å². The molecule has 0 radical (unpaired) electrons. The van der Waals surface area contributed by atoms with E-state index in [-0.39, 0.29) is 0 Å². The predicted molar refractivity (Wildman–Crippen MR) is 46.3 cm³/mol. The second kappa shape index (κ2) is 2.76. The molecule has 64 valence electrons. The van der Waals surface area contributed by atoms with Crippen molar-refractivity contribution in [2.24, 2.45) is 17.6 Å². The minimum Gasteiger partial charge on any atom is -0.327 e. The molecule has 2 N–H and O–H groups in total. The molecule has 1 aliphatic carbocycles. The van der Waals surface area contributed by atoms with E-state index in [1.807, 2.05) is 0 Å². The summed E-state index contributed by atoms with van der Waals surface area (Å²) < 4.78 is 0. The Bertz CT molecular complexity index is 146. The first-order valence-corrected chi connectivity index (χ1v) is 4.71. The van der Waals surface area contributed by atoms with Gasteiger partial charge in [0.2, 0.25) is 0 Å². The van der Waals surface area contributed by atoms with Gasteiger partial charge in [0.05, 0.1) is 0 Å². The Morgan fingerprint density at radius 1 is 1.45 bits per heavy atom. The maximum absolute atomic E-state index is 5.82. The molecule has 0 aromatic carbocycles. The largest absolute Gasteiger partial charge is 0.327 e. The number of piperidine rings is 1. The van der Waals surface area contributed by atoms with Crippen molar-refractivity contribution in [3.63, 3.8) is 0 Å². The van der Waals surface area contributed by atoms with Gasteiger partial charge in [0, 0.05) is 12.6 Å². The first kappa shape index (κ1) is 7.56. The molecule has 2 fully saturated rings. The highest BCUT2D eigenvalue weighted by atomic mass is 15.1. The summed E-state index contributed by atoms with van der Waals surface area (Å²) in [4.78, 5) is 2.44. The van der Waals surface area contributed by atoms with Gasteiger partial charge in [-0.25, -0.2) is 0 Å². The molecule has 2 nitrogen and oxygen atoms in total. The van der Waals surface area contributed by atoms with E-state index in [4.69, 9.17) is 5.73 Å². The lowest BCUT2D eigenvalue weighted by Gasteiger charge is -2.29. The van der Waals surface area contributed by atoms with Crippen LogP contribution < -0.4 is 5.73 Å². The first-order valence-electron chi connectivity index (χ1n) is 4.71. The van der Waals surface area contributed by atoms with Crippen molar-refractivity contribution in [3.05, 3.63) is 0 Å². The molecule has 1 saturated heterocycles. The zero-order valence-corrected chi connectivity index (χ0v) is 7.29. The monoisotopic (exact) mass is 154 g/mol. The number of rotatable bonds is 1. The predicted octanol–water partition coefficient (Wildman–Crippen LogP) is 0.675. The Hall–Kier alpha value is -0.0800. The first-order chi connectivity index (χ1) is 5.27. The van der Waals surface area contributed by atoms with Gasteiger partial charge in [-0.15, -0.1) is 0 Å². The summed E-state index contributed by atoms with van der Waals surface area (Å²) in [5.41, 5.74) is 5.82. The fourth-order valence-corrected chi connectivity index (χ4v) is 2.33. The number of nitrogens with two attached hydrogens (primary N) is 1. The highest BCUT2D eigenvalue weighted by Gasteiger charge is 2.40. The maximum Gasteiger partial charge on any atom is 0.00741 e. The van der Waals surface area contributed by atoms with Crippen molar-refractivity contribution in [2.75, 3.05) is 20.1 Å². The molecule has 3 atom stereocenters. The topological polar surface area (TPSA) is 29.3 Å². The molecule has 1 saturated carbocycles. The zero-order chi connectivity index (χ0) is 7.84. The van der Waals surface area contributed by atoms with Crippen molar-refractivity contribution < 1.29 is 0 Å². The van der Waals surface area contributed by atoms with Crippen molar-refractivity contribution in [3.8, 4) is 0 Å². The maximum atomic E-state index is 5.82. The Kier molecular flexibility index (Phi) is 1.90. The Balaban J connectivity index is 1.84. The van der Waals surface area contributed by atoms with E-state index in [1.165, 1.54) is 32.4 Å². The minimum absolute atomic E-state index is 0.548. The van der Waals surface area contributed by atoms with Gasteiger partial charge < -0.3 is 10.6 Å². The standard InChI is InChI=1S/C9H18N2/c1-11-4-2-3-7(6-11)8-5-9(8)10/h7-9H,2-6,10H2,1H3/t7?,8-,9+/m1/s1. The van der Waals surface area contributed by atoms with Gasteiger partial charge in [0.1, 0.15) is 0 Å². The third-order valence-corrected chi connectivity index (χ3v) is 3.16. The van der Waals surface area contributed by atoms with Crippen molar-refractivity contribution in [1.82, 2.24) is 4.90 Å². The molecule has 0 amide bonds. The van der Waals surface area contributed by atoms with Gasteiger partial charge in [-0.3, -0.25) is 0 Å². The lowest BCUT2D eigenvalue weighted by Crippen LogP contribution is -2.34. The second-order valence-corrected chi connectivity index (χ2v) is 4.23. The fourth-order valence-electron chi connectivity index (χ4n) is 2.33. The van der Waals surface area contributed by atoms with Crippen molar-refractivity contribution in [1.29, 1.82) is 0 Å². The molecule has 0 bridgehead atoms. The van der Waals surface area contributed by atoms with Gasteiger partial charge in [-0.05, 0) is 44.7 Å². The summed E-state index contributed by atoms with van der Waals surface area (Å²) in [6.45, 7) is 2.58. The van der Waals surface area contributed by atoms with Crippen LogP contribution in [0.5, 0.6) is 0 Å². The van der Waals surface area contributed by atoms with E-state index in [0.717, 1.165) is 11.8 Å². The molecule has 2 heteroatoms. The molecule has 0 aromatic rings. The van der Waals surface area contributed by atoms with E-state index >= 15 is 0 Å². The lowest BCUT2D eigenvalue weighted by atomic mass is 9.93. The molecular weight excluding hydrogens is 136 g/mol. The van der Waals surface area contributed by atoms with Crippen LogP contribution in [0.1, 0.15) is 19.3 Å². The van der Waals surface area contributed by atoms with Crippen LogP contribution in [0.25, 0.3) is 0 Å². The summed E-state index contributed by atoms with van der Waals surface area (Å²) in [7, 11) is 2.22. The number of likely N-dealkylation sites (tertiary alicyclic amines) is 1. The molecule has 1 unspecified atom stereocenters. The van der Waals surface area contributed by atoms with Crippen LogP contribution in [0.2, 0.25) is 0 Å². The minimum atomic E-state index is 0.548. The molecule has 2 rings (SSSR count). The normalized spacial score (nSPS) is 45.8. The van der Waals surface area contributed by atoms with Gasteiger partial charge in [0.25, 0.3) is 0 Å². The fraction of sp³-hybridized carbons (Fsp3) is 1.00. The number of nitrogens with zero attached hydrogens (tertiary/aromatic N) is 1. The van der Waals surface area contributed by atoms with Gasteiger partial charge in [-0.1, -0.05) is 0 Å². The van der Waals surface area contributed by atoms with Crippen LogP contribution in [-0.4, -0.2) is 31.1 Å². The highest BCUT2D eigenvalue weighted by Crippen LogP contribution is 2.39. The molecule has 0 aromatic heterocycles. The van der Waals surface area contributed by atoms with Gasteiger partial charge >= 0.3 is 0 Å². The Morgan fingerprint density at radius 2 is 2.18 bits per heavy atom. The van der Waals surface area contributed by atoms with Gasteiger partial charge in [-0.2, -0.15) is 0 Å². The third-order valence-electron chi connectivity index (χ3n) is 3.16. The third kappa shape index (κ3) is 1.57. The van der Waals surface area contributed by atoms with Crippen LogP contribution in [0.4, 0.5) is 0 Å². The van der Waals surface area contributed by atoms with Crippen molar-refractivity contribution in [2.45, 2.75) is 25.3 Å². The molecule has 2 aliphatic rings. The summed E-state index contributed by atoms with van der Waals surface area (Å²) >= 11 is 0. The molecule has 1 heterocycles. The summed E-state index contributed by atoms with van der Waals surface area (Å²) in [5, 5.41) is 0. The molecule has 0 spiro atoms.